The van der Waals surface area contributed by atoms with Gasteiger partial charge >= 0.3 is 5.69 Å². The number of hydrogen-bond acceptors (Lipinski definition) is 6. The molecule has 1 heterocycles. The molecule has 1 aromatic carbocycles. The average Bonchev–Trinajstić information content (AvgIpc) is 2.52. The molecule has 0 aliphatic carbocycles. The number of rotatable bonds is 6. The number of nitro groups is 1. The molecular weight excluding hydrogens is 274 g/mol. The maximum atomic E-state index is 10.8. The van der Waals surface area contributed by atoms with E-state index in [4.69, 9.17) is 9.47 Å². The van der Waals surface area contributed by atoms with Gasteiger partial charge in [0, 0.05) is 37.5 Å². The van der Waals surface area contributed by atoms with Gasteiger partial charge in [0.15, 0.2) is 5.75 Å². The van der Waals surface area contributed by atoms with Crippen LogP contribution in [0.4, 0.5) is 11.4 Å². The highest BCUT2D eigenvalue weighted by atomic mass is 16.6. The number of ether oxygens (including phenoxy) is 2. The van der Waals surface area contributed by atoms with Gasteiger partial charge in [0.05, 0.1) is 24.7 Å². The van der Waals surface area contributed by atoms with Crippen molar-refractivity contribution in [2.75, 3.05) is 45.2 Å². The van der Waals surface area contributed by atoms with Crippen molar-refractivity contribution in [2.45, 2.75) is 13.0 Å². The summed E-state index contributed by atoms with van der Waals surface area (Å²) in [6, 6.07) is 4.76. The molecule has 1 N–H and O–H groups in total. The number of nitrogens with one attached hydrogen (secondary N) is 1. The lowest BCUT2D eigenvalue weighted by Gasteiger charge is -2.32. The minimum Gasteiger partial charge on any atom is -0.490 e. The number of morpholine rings is 1. The molecule has 2 rings (SSSR count). The molecule has 1 atom stereocenters. The van der Waals surface area contributed by atoms with E-state index in [2.05, 4.69) is 17.1 Å². The Morgan fingerprint density at radius 1 is 1.57 bits per heavy atom. The van der Waals surface area contributed by atoms with Crippen LogP contribution in [0.2, 0.25) is 0 Å². The van der Waals surface area contributed by atoms with Crippen LogP contribution in [-0.2, 0) is 4.74 Å². The molecule has 0 radical (unpaired) electrons. The van der Waals surface area contributed by atoms with E-state index in [9.17, 15) is 10.1 Å². The first-order valence-corrected chi connectivity index (χ1v) is 7.04. The molecule has 1 aliphatic rings. The number of hydrogen-bond donors (Lipinski definition) is 1. The molecule has 7 nitrogen and oxygen atoms in total. The zero-order valence-corrected chi connectivity index (χ0v) is 12.4. The molecule has 116 valence electrons. The Bertz CT molecular complexity index is 495. The van der Waals surface area contributed by atoms with Crippen LogP contribution in [0, 0.1) is 10.1 Å². The average molecular weight is 295 g/mol. The first-order chi connectivity index (χ1) is 10.1. The summed E-state index contributed by atoms with van der Waals surface area (Å²) in [6.07, 6.45) is 0.125. The second-order valence-electron chi connectivity index (χ2n) is 4.91. The van der Waals surface area contributed by atoms with E-state index in [1.807, 2.05) is 0 Å². The fraction of sp³-hybridized carbons (Fsp3) is 0.571. The lowest BCUT2D eigenvalue weighted by atomic mass is 10.2. The normalized spacial score (nSPS) is 19.2. The zero-order valence-electron chi connectivity index (χ0n) is 12.4. The van der Waals surface area contributed by atoms with Gasteiger partial charge in [-0.3, -0.25) is 15.0 Å². The van der Waals surface area contributed by atoms with E-state index in [0.717, 1.165) is 31.9 Å². The van der Waals surface area contributed by atoms with Crippen LogP contribution in [0.1, 0.15) is 6.92 Å². The molecule has 1 aliphatic heterocycles. The molecule has 21 heavy (non-hydrogen) atoms. The fourth-order valence-electron chi connectivity index (χ4n) is 2.36. The summed E-state index contributed by atoms with van der Waals surface area (Å²) >= 11 is 0. The third-order valence-corrected chi connectivity index (χ3v) is 3.58. The van der Waals surface area contributed by atoms with E-state index in [0.29, 0.717) is 6.54 Å². The number of nitro benzene ring substituents is 1. The Morgan fingerprint density at radius 2 is 2.38 bits per heavy atom. The standard InChI is InChI=1S/C14H21N3O4/c1-3-16-6-7-21-12(10-16)9-15-11-4-5-13(17(18)19)14(8-11)20-2/h4-5,8,12,15H,3,6-7,9-10H2,1-2H3. The number of likely N-dealkylation sites (N-methyl/N-ethyl adjacent to an activating group) is 1. The fourth-order valence-corrected chi connectivity index (χ4v) is 2.36. The molecule has 1 fully saturated rings. The molecule has 1 unspecified atom stereocenters. The molecule has 1 aromatic rings. The quantitative estimate of drug-likeness (QED) is 0.636. The van der Waals surface area contributed by atoms with Gasteiger partial charge in [0.25, 0.3) is 0 Å². The van der Waals surface area contributed by atoms with Crippen LogP contribution < -0.4 is 10.1 Å². The number of nitrogens with zero attached hydrogens (tertiary/aromatic N) is 2. The zero-order chi connectivity index (χ0) is 15.2. The molecule has 1 saturated heterocycles. The summed E-state index contributed by atoms with van der Waals surface area (Å²) in [4.78, 5) is 12.7. The topological polar surface area (TPSA) is 76.9 Å². The Balaban J connectivity index is 1.95. The predicted octanol–water partition coefficient (Wildman–Crippen LogP) is 1.74. The van der Waals surface area contributed by atoms with Crippen LogP contribution >= 0.6 is 0 Å². The Kier molecular flexibility index (Phi) is 5.35. The molecular formula is C14H21N3O4. The highest BCUT2D eigenvalue weighted by molar-refractivity contribution is 5.58. The van der Waals surface area contributed by atoms with Crippen LogP contribution in [0.15, 0.2) is 18.2 Å². The van der Waals surface area contributed by atoms with E-state index in [1.54, 1.807) is 12.1 Å². The Hall–Kier alpha value is -1.86. The summed E-state index contributed by atoms with van der Waals surface area (Å²) in [5.74, 6) is 0.254. The first-order valence-electron chi connectivity index (χ1n) is 7.04. The van der Waals surface area contributed by atoms with Crippen molar-refractivity contribution in [1.29, 1.82) is 0 Å². The summed E-state index contributed by atoms with van der Waals surface area (Å²) in [5, 5.41) is 14.1. The molecule has 7 heteroatoms. The van der Waals surface area contributed by atoms with Gasteiger partial charge in [-0.1, -0.05) is 6.92 Å². The van der Waals surface area contributed by atoms with Gasteiger partial charge in [0.1, 0.15) is 0 Å². The summed E-state index contributed by atoms with van der Waals surface area (Å²) < 4.78 is 10.8. The third kappa shape index (κ3) is 4.05. The summed E-state index contributed by atoms with van der Waals surface area (Å²) in [5.41, 5.74) is 0.754. The SMILES string of the molecule is CCN1CCOC(CNc2ccc([N+](=O)[O-])c(OC)c2)C1. The number of methoxy groups -OCH3 is 1. The first kappa shape index (κ1) is 15.5. The second-order valence-corrected chi connectivity index (χ2v) is 4.91. The monoisotopic (exact) mass is 295 g/mol. The molecule has 0 amide bonds. The van der Waals surface area contributed by atoms with Gasteiger partial charge < -0.3 is 14.8 Å². The van der Waals surface area contributed by atoms with E-state index >= 15 is 0 Å². The van der Waals surface area contributed by atoms with Crippen molar-refractivity contribution in [1.82, 2.24) is 4.90 Å². The number of anilines is 1. The molecule has 0 aromatic heterocycles. The maximum Gasteiger partial charge on any atom is 0.311 e. The highest BCUT2D eigenvalue weighted by Gasteiger charge is 2.19. The highest BCUT2D eigenvalue weighted by Crippen LogP contribution is 2.29. The van der Waals surface area contributed by atoms with Gasteiger partial charge in [-0.05, 0) is 12.6 Å². The van der Waals surface area contributed by atoms with Crippen molar-refractivity contribution in [2.24, 2.45) is 0 Å². The molecule has 0 spiro atoms. The largest absolute Gasteiger partial charge is 0.490 e. The van der Waals surface area contributed by atoms with Crippen LogP contribution in [0.3, 0.4) is 0 Å². The maximum absolute atomic E-state index is 10.8. The van der Waals surface area contributed by atoms with Gasteiger partial charge in [0.2, 0.25) is 0 Å². The molecule has 0 bridgehead atoms. The van der Waals surface area contributed by atoms with Gasteiger partial charge in [-0.25, -0.2) is 0 Å². The van der Waals surface area contributed by atoms with E-state index in [1.165, 1.54) is 13.2 Å². The minimum absolute atomic E-state index is 0.0332. The predicted molar refractivity (Wildman–Crippen MR) is 80.0 cm³/mol. The lowest BCUT2D eigenvalue weighted by Crippen LogP contribution is -2.45. The number of benzene rings is 1. The van der Waals surface area contributed by atoms with Crippen LogP contribution in [-0.4, -0.2) is 55.8 Å². The summed E-state index contributed by atoms with van der Waals surface area (Å²) in [7, 11) is 1.43. The van der Waals surface area contributed by atoms with Crippen LogP contribution in [0.5, 0.6) is 5.75 Å². The van der Waals surface area contributed by atoms with E-state index in [-0.39, 0.29) is 17.5 Å². The van der Waals surface area contributed by atoms with Crippen LogP contribution in [0.25, 0.3) is 0 Å². The second kappa shape index (κ2) is 7.24. The van der Waals surface area contributed by atoms with Crippen molar-refractivity contribution in [3.63, 3.8) is 0 Å². The summed E-state index contributed by atoms with van der Waals surface area (Å²) in [6.45, 7) is 6.43. The Labute approximate surface area is 124 Å². The Morgan fingerprint density at radius 3 is 3.05 bits per heavy atom. The third-order valence-electron chi connectivity index (χ3n) is 3.58. The van der Waals surface area contributed by atoms with Gasteiger partial charge in [-0.15, -0.1) is 0 Å². The van der Waals surface area contributed by atoms with Crippen molar-refractivity contribution >= 4 is 11.4 Å². The van der Waals surface area contributed by atoms with Crippen molar-refractivity contribution in [3.8, 4) is 5.75 Å². The van der Waals surface area contributed by atoms with E-state index < -0.39 is 4.92 Å². The smallest absolute Gasteiger partial charge is 0.311 e. The minimum atomic E-state index is -0.452. The lowest BCUT2D eigenvalue weighted by molar-refractivity contribution is -0.385. The molecule has 0 saturated carbocycles. The van der Waals surface area contributed by atoms with Gasteiger partial charge in [-0.2, -0.15) is 0 Å². The van der Waals surface area contributed by atoms with Crippen molar-refractivity contribution < 1.29 is 14.4 Å². The van der Waals surface area contributed by atoms with Crippen molar-refractivity contribution in [3.05, 3.63) is 28.3 Å².